The van der Waals surface area contributed by atoms with Crippen LogP contribution in [-0.4, -0.2) is 4.98 Å². The highest BCUT2D eigenvalue weighted by atomic mass is 32.1. The van der Waals surface area contributed by atoms with Crippen molar-refractivity contribution in [3.63, 3.8) is 0 Å². The first-order chi connectivity index (χ1) is 7.83. The molecule has 0 unspecified atom stereocenters. The summed E-state index contributed by atoms with van der Waals surface area (Å²) in [4.78, 5) is 15.5. The summed E-state index contributed by atoms with van der Waals surface area (Å²) in [5, 5.41) is 4.04. The van der Waals surface area contributed by atoms with Crippen molar-refractivity contribution in [2.75, 3.05) is 0 Å². The molecule has 0 aliphatic heterocycles. The number of hydrogen-bond acceptors (Lipinski definition) is 4. The molecule has 0 saturated heterocycles. The molecule has 0 atom stereocenters. The van der Waals surface area contributed by atoms with Crippen molar-refractivity contribution in [2.45, 2.75) is 0 Å². The first-order valence-electron chi connectivity index (χ1n) is 4.77. The monoisotopic (exact) mass is 245 g/mol. The van der Waals surface area contributed by atoms with E-state index in [2.05, 4.69) is 4.98 Å². The summed E-state index contributed by atoms with van der Waals surface area (Å²) in [6.07, 6.45) is 1.79. The molecule has 0 bridgehead atoms. The molecule has 0 radical (unpaired) electrons. The van der Waals surface area contributed by atoms with Gasteiger partial charge in [0.2, 0.25) is 4.74 Å². The van der Waals surface area contributed by atoms with Crippen LogP contribution < -0.4 is 4.74 Å². The lowest BCUT2D eigenvalue weighted by Crippen LogP contribution is -1.89. The Bertz CT molecular complexity index is 686. The van der Waals surface area contributed by atoms with Crippen molar-refractivity contribution >= 4 is 32.8 Å². The van der Waals surface area contributed by atoms with Gasteiger partial charge in [-0.15, -0.1) is 11.3 Å². The smallest absolute Gasteiger partial charge is 0.232 e. The zero-order valence-electron chi connectivity index (χ0n) is 8.21. The van der Waals surface area contributed by atoms with Gasteiger partial charge >= 0.3 is 0 Å². The Balaban J connectivity index is 2.26. The number of fused-ring (bicyclic) bond motifs is 1. The minimum absolute atomic E-state index is 0.0868. The second kappa shape index (κ2) is 3.81. The summed E-state index contributed by atoms with van der Waals surface area (Å²) in [5.74, 6) is 0. The summed E-state index contributed by atoms with van der Waals surface area (Å²) in [5.41, 5.74) is 1.07. The SMILES string of the molecule is O=c1ccc2ccc(-c3nccs3)cc2s1. The third-order valence-electron chi connectivity index (χ3n) is 2.30. The molecule has 0 spiro atoms. The fraction of sp³-hybridized carbons (Fsp3) is 0. The number of rotatable bonds is 1. The third kappa shape index (κ3) is 1.66. The molecule has 2 aromatic heterocycles. The number of thiazole rings is 1. The van der Waals surface area contributed by atoms with Crippen LogP contribution in [0.25, 0.3) is 20.7 Å². The van der Waals surface area contributed by atoms with Crippen LogP contribution in [0.5, 0.6) is 0 Å². The van der Waals surface area contributed by atoms with Crippen molar-refractivity contribution in [1.82, 2.24) is 4.98 Å². The Hall–Kier alpha value is -1.52. The summed E-state index contributed by atoms with van der Waals surface area (Å²) < 4.78 is 1.10. The van der Waals surface area contributed by atoms with Crippen molar-refractivity contribution in [2.24, 2.45) is 0 Å². The maximum atomic E-state index is 11.3. The molecule has 16 heavy (non-hydrogen) atoms. The van der Waals surface area contributed by atoms with Gasteiger partial charge in [0.1, 0.15) is 5.01 Å². The summed E-state index contributed by atoms with van der Waals surface area (Å²) in [6, 6.07) is 9.57. The van der Waals surface area contributed by atoms with Crippen LogP contribution in [0.1, 0.15) is 0 Å². The quantitative estimate of drug-likeness (QED) is 0.658. The lowest BCUT2D eigenvalue weighted by molar-refractivity contribution is 1.42. The van der Waals surface area contributed by atoms with Crippen molar-refractivity contribution in [1.29, 1.82) is 0 Å². The zero-order valence-corrected chi connectivity index (χ0v) is 9.85. The largest absolute Gasteiger partial charge is 0.278 e. The van der Waals surface area contributed by atoms with Crippen LogP contribution in [0.2, 0.25) is 0 Å². The van der Waals surface area contributed by atoms with Gasteiger partial charge in [0, 0.05) is 21.8 Å². The minimum Gasteiger partial charge on any atom is -0.278 e. The highest BCUT2D eigenvalue weighted by molar-refractivity contribution is 7.16. The molecule has 3 aromatic rings. The zero-order chi connectivity index (χ0) is 11.0. The molecule has 0 N–H and O–H groups in total. The van der Waals surface area contributed by atoms with Crippen LogP contribution in [0, 0.1) is 0 Å². The van der Waals surface area contributed by atoms with Gasteiger partial charge in [-0.25, -0.2) is 4.98 Å². The third-order valence-corrected chi connectivity index (χ3v) is 4.04. The lowest BCUT2D eigenvalue weighted by atomic mass is 10.2. The van der Waals surface area contributed by atoms with Crippen molar-refractivity contribution in [3.05, 3.63) is 51.4 Å². The topological polar surface area (TPSA) is 30.0 Å². The molecule has 0 fully saturated rings. The van der Waals surface area contributed by atoms with Gasteiger partial charge in [-0.05, 0) is 23.6 Å². The normalized spacial score (nSPS) is 10.8. The fourth-order valence-electron chi connectivity index (χ4n) is 1.56. The molecule has 0 aliphatic rings. The molecule has 2 nitrogen and oxygen atoms in total. The minimum atomic E-state index is 0.0868. The maximum Gasteiger partial charge on any atom is 0.232 e. The maximum absolute atomic E-state index is 11.3. The van der Waals surface area contributed by atoms with E-state index in [9.17, 15) is 4.79 Å². The van der Waals surface area contributed by atoms with Gasteiger partial charge in [-0.2, -0.15) is 0 Å². The number of aromatic nitrogens is 1. The van der Waals surface area contributed by atoms with Crippen LogP contribution in [0.3, 0.4) is 0 Å². The van der Waals surface area contributed by atoms with Gasteiger partial charge in [-0.1, -0.05) is 23.5 Å². The van der Waals surface area contributed by atoms with E-state index in [1.54, 1.807) is 23.6 Å². The van der Waals surface area contributed by atoms with E-state index in [1.165, 1.54) is 11.3 Å². The highest BCUT2D eigenvalue weighted by Crippen LogP contribution is 2.26. The summed E-state index contributed by atoms with van der Waals surface area (Å²) in [6.45, 7) is 0. The van der Waals surface area contributed by atoms with E-state index < -0.39 is 0 Å². The average molecular weight is 245 g/mol. The fourth-order valence-corrected chi connectivity index (χ4v) is 2.99. The number of benzene rings is 1. The average Bonchev–Trinajstić information content (AvgIpc) is 2.81. The standard InChI is InChI=1S/C12H7NOS2/c14-11-4-3-8-1-2-9(7-10(8)16-11)12-13-5-6-15-12/h1-7H. The second-order valence-corrected chi connectivity index (χ2v) is 5.29. The van der Waals surface area contributed by atoms with Gasteiger partial charge in [0.25, 0.3) is 0 Å². The van der Waals surface area contributed by atoms with Gasteiger partial charge in [-0.3, -0.25) is 4.79 Å². The molecule has 0 aliphatic carbocycles. The van der Waals surface area contributed by atoms with Crippen LogP contribution in [0.4, 0.5) is 0 Å². The van der Waals surface area contributed by atoms with E-state index in [0.717, 1.165) is 20.7 Å². The Morgan fingerprint density at radius 1 is 1.12 bits per heavy atom. The molecule has 0 amide bonds. The molecule has 1 aromatic carbocycles. The molecule has 78 valence electrons. The molecule has 0 saturated carbocycles. The Morgan fingerprint density at radius 3 is 2.81 bits per heavy atom. The van der Waals surface area contributed by atoms with E-state index in [-0.39, 0.29) is 4.74 Å². The van der Waals surface area contributed by atoms with Crippen molar-refractivity contribution in [3.8, 4) is 10.6 Å². The van der Waals surface area contributed by atoms with Gasteiger partial charge in [0.15, 0.2) is 0 Å². The van der Waals surface area contributed by atoms with E-state index >= 15 is 0 Å². The van der Waals surface area contributed by atoms with Gasteiger partial charge in [0.05, 0.1) is 0 Å². The first-order valence-corrected chi connectivity index (χ1v) is 6.46. The molecule has 4 heteroatoms. The van der Waals surface area contributed by atoms with Crippen LogP contribution in [0.15, 0.2) is 46.7 Å². The Kier molecular flexibility index (Phi) is 2.31. The van der Waals surface area contributed by atoms with Crippen molar-refractivity contribution < 1.29 is 0 Å². The van der Waals surface area contributed by atoms with Gasteiger partial charge < -0.3 is 0 Å². The predicted molar refractivity (Wildman–Crippen MR) is 69.2 cm³/mol. The van der Waals surface area contributed by atoms with E-state index in [4.69, 9.17) is 0 Å². The van der Waals surface area contributed by atoms with Crippen LogP contribution >= 0.6 is 22.7 Å². The van der Waals surface area contributed by atoms with E-state index in [1.807, 2.05) is 29.6 Å². The molecular formula is C12H7NOS2. The Labute approximate surface area is 99.8 Å². The van der Waals surface area contributed by atoms with E-state index in [0.29, 0.717) is 0 Å². The number of hydrogen-bond donors (Lipinski definition) is 0. The summed E-state index contributed by atoms with van der Waals surface area (Å²) >= 11 is 2.88. The molecule has 3 rings (SSSR count). The first kappa shape index (κ1) is 9.69. The lowest BCUT2D eigenvalue weighted by Gasteiger charge is -1.99. The highest BCUT2D eigenvalue weighted by Gasteiger charge is 2.02. The molecular weight excluding hydrogens is 238 g/mol. The second-order valence-electron chi connectivity index (χ2n) is 3.34. The Morgan fingerprint density at radius 2 is 2.00 bits per heavy atom. The summed E-state index contributed by atoms with van der Waals surface area (Å²) in [7, 11) is 0. The predicted octanol–water partition coefficient (Wildman–Crippen LogP) is 3.39. The number of nitrogens with zero attached hydrogens (tertiary/aromatic N) is 1. The molecule has 2 heterocycles. The van der Waals surface area contributed by atoms with Crippen LogP contribution in [-0.2, 0) is 0 Å².